The van der Waals surface area contributed by atoms with Crippen LogP contribution >= 0.6 is 0 Å². The molecule has 0 saturated heterocycles. The SMILES string of the molecule is CN(C)CCn1c(=O)n(Cc2ccc(-c3nnc(C(F)F)o3)cn2)c2ccc(-c3ccncc3)cc21. The van der Waals surface area contributed by atoms with Gasteiger partial charge in [0, 0.05) is 31.7 Å². The number of pyridine rings is 2. The van der Waals surface area contributed by atoms with Gasteiger partial charge in [-0.05, 0) is 61.6 Å². The van der Waals surface area contributed by atoms with E-state index in [2.05, 4.69) is 20.2 Å². The van der Waals surface area contributed by atoms with Gasteiger partial charge in [-0.2, -0.15) is 8.78 Å². The lowest BCUT2D eigenvalue weighted by molar-refractivity contribution is 0.116. The molecule has 4 aromatic heterocycles. The van der Waals surface area contributed by atoms with Gasteiger partial charge >= 0.3 is 12.1 Å². The van der Waals surface area contributed by atoms with Gasteiger partial charge in [-0.25, -0.2) is 4.79 Å². The van der Waals surface area contributed by atoms with Crippen molar-refractivity contribution in [3.63, 3.8) is 0 Å². The smallest absolute Gasteiger partial charge is 0.329 e. The summed E-state index contributed by atoms with van der Waals surface area (Å²) in [5, 5.41) is 6.98. The van der Waals surface area contributed by atoms with Crippen LogP contribution in [-0.4, -0.2) is 54.8 Å². The van der Waals surface area contributed by atoms with Crippen molar-refractivity contribution in [1.82, 2.24) is 34.2 Å². The largest absolute Gasteiger partial charge is 0.415 e. The van der Waals surface area contributed by atoms with Crippen LogP contribution in [0.25, 0.3) is 33.6 Å². The number of hydrogen-bond donors (Lipinski definition) is 0. The summed E-state index contributed by atoms with van der Waals surface area (Å²) in [6.45, 7) is 1.48. The average molecular weight is 492 g/mol. The fourth-order valence-electron chi connectivity index (χ4n) is 3.96. The minimum atomic E-state index is -2.84. The Labute approximate surface area is 204 Å². The van der Waals surface area contributed by atoms with Gasteiger partial charge in [-0.1, -0.05) is 6.07 Å². The molecule has 11 heteroatoms. The molecular weight excluding hydrogens is 468 g/mol. The molecule has 0 radical (unpaired) electrons. The van der Waals surface area contributed by atoms with Crippen molar-refractivity contribution in [2.75, 3.05) is 20.6 Å². The van der Waals surface area contributed by atoms with E-state index in [9.17, 15) is 13.6 Å². The predicted molar refractivity (Wildman–Crippen MR) is 130 cm³/mol. The molecule has 0 aliphatic heterocycles. The van der Waals surface area contributed by atoms with Crippen LogP contribution in [0.4, 0.5) is 8.78 Å². The van der Waals surface area contributed by atoms with Crippen molar-refractivity contribution in [3.8, 4) is 22.6 Å². The number of alkyl halides is 2. The van der Waals surface area contributed by atoms with Crippen LogP contribution in [0.1, 0.15) is 18.0 Å². The summed E-state index contributed by atoms with van der Waals surface area (Å²) in [4.78, 5) is 24.0. The van der Waals surface area contributed by atoms with E-state index >= 15 is 0 Å². The van der Waals surface area contributed by atoms with E-state index in [1.165, 1.54) is 6.20 Å². The van der Waals surface area contributed by atoms with Gasteiger partial charge in [0.2, 0.25) is 5.89 Å². The van der Waals surface area contributed by atoms with Gasteiger partial charge < -0.3 is 9.32 Å². The highest BCUT2D eigenvalue weighted by Crippen LogP contribution is 2.25. The molecule has 5 aromatic rings. The first-order valence-corrected chi connectivity index (χ1v) is 11.3. The lowest BCUT2D eigenvalue weighted by Crippen LogP contribution is -2.28. The van der Waals surface area contributed by atoms with Gasteiger partial charge in [-0.3, -0.25) is 19.1 Å². The van der Waals surface area contributed by atoms with Gasteiger partial charge in [0.25, 0.3) is 5.89 Å². The van der Waals surface area contributed by atoms with E-state index in [1.54, 1.807) is 33.7 Å². The molecule has 0 unspecified atom stereocenters. The van der Waals surface area contributed by atoms with Crippen LogP contribution in [0.2, 0.25) is 0 Å². The molecular formula is C25H23F2N7O2. The summed E-state index contributed by atoms with van der Waals surface area (Å²) in [6.07, 6.45) is 2.11. The Balaban J connectivity index is 1.50. The molecule has 0 spiro atoms. The fraction of sp³-hybridized carbons (Fsp3) is 0.240. The minimum Gasteiger partial charge on any atom is -0.415 e. The summed E-state index contributed by atoms with van der Waals surface area (Å²) in [5.74, 6) is -0.775. The molecule has 0 aliphatic carbocycles. The van der Waals surface area contributed by atoms with E-state index in [4.69, 9.17) is 4.42 Å². The third-order valence-corrected chi connectivity index (χ3v) is 5.82. The molecule has 0 bridgehead atoms. The second kappa shape index (κ2) is 9.78. The minimum absolute atomic E-state index is 0.0366. The molecule has 184 valence electrons. The van der Waals surface area contributed by atoms with Gasteiger partial charge in [0.05, 0.1) is 28.8 Å². The summed E-state index contributed by atoms with van der Waals surface area (Å²) in [6, 6.07) is 13.2. The highest BCUT2D eigenvalue weighted by atomic mass is 19.3. The highest BCUT2D eigenvalue weighted by Gasteiger charge is 2.18. The second-order valence-corrected chi connectivity index (χ2v) is 8.55. The Morgan fingerprint density at radius 1 is 0.944 bits per heavy atom. The number of aromatic nitrogens is 6. The van der Waals surface area contributed by atoms with Crippen LogP contribution in [0.5, 0.6) is 0 Å². The van der Waals surface area contributed by atoms with Gasteiger partial charge in [0.15, 0.2) is 0 Å². The standard InChI is InChI=1S/C25H23F2N7O2/c1-32(2)11-12-33-21-13-17(16-7-9-28-10-8-16)4-6-20(21)34(25(33)35)15-19-5-3-18(14-29-19)23-30-31-24(36-23)22(26)27/h3-10,13-14,22H,11-12,15H2,1-2H3. The third-order valence-electron chi connectivity index (χ3n) is 5.82. The zero-order valence-corrected chi connectivity index (χ0v) is 19.7. The number of benzene rings is 1. The van der Waals surface area contributed by atoms with Crippen molar-refractivity contribution in [2.24, 2.45) is 0 Å². The van der Waals surface area contributed by atoms with Gasteiger partial charge in [-0.15, -0.1) is 10.2 Å². The molecule has 4 heterocycles. The van der Waals surface area contributed by atoms with E-state index in [-0.39, 0.29) is 18.1 Å². The molecule has 0 fully saturated rings. The molecule has 5 rings (SSSR count). The number of rotatable bonds is 8. The Morgan fingerprint density at radius 2 is 1.72 bits per heavy atom. The monoisotopic (exact) mass is 491 g/mol. The maximum atomic E-state index is 13.5. The van der Waals surface area contributed by atoms with Crippen molar-refractivity contribution in [1.29, 1.82) is 0 Å². The summed E-state index contributed by atoms with van der Waals surface area (Å²) in [7, 11) is 3.93. The van der Waals surface area contributed by atoms with Crippen LogP contribution in [-0.2, 0) is 13.1 Å². The van der Waals surface area contributed by atoms with Crippen LogP contribution < -0.4 is 5.69 Å². The fourth-order valence-corrected chi connectivity index (χ4v) is 3.96. The van der Waals surface area contributed by atoms with Gasteiger partial charge in [0.1, 0.15) is 0 Å². The number of nitrogens with zero attached hydrogens (tertiary/aromatic N) is 7. The maximum Gasteiger partial charge on any atom is 0.329 e. The third kappa shape index (κ3) is 4.65. The van der Waals surface area contributed by atoms with Crippen LogP contribution in [0, 0.1) is 0 Å². The Morgan fingerprint density at radius 3 is 2.39 bits per heavy atom. The quantitative estimate of drug-likeness (QED) is 0.325. The van der Waals surface area contributed by atoms with Crippen molar-refractivity contribution < 1.29 is 13.2 Å². The molecule has 0 N–H and O–H groups in total. The lowest BCUT2D eigenvalue weighted by atomic mass is 10.1. The Hall–Kier alpha value is -4.25. The number of halogens is 2. The van der Waals surface area contributed by atoms with Crippen molar-refractivity contribution in [3.05, 3.63) is 83.1 Å². The first-order valence-electron chi connectivity index (χ1n) is 11.3. The molecule has 0 amide bonds. The summed E-state index contributed by atoms with van der Waals surface area (Å²) >= 11 is 0. The van der Waals surface area contributed by atoms with Crippen LogP contribution in [0.15, 0.2) is 70.3 Å². The molecule has 1 aromatic carbocycles. The number of fused-ring (bicyclic) bond motifs is 1. The highest BCUT2D eigenvalue weighted by molar-refractivity contribution is 5.82. The molecule has 0 atom stereocenters. The first-order chi connectivity index (χ1) is 17.4. The number of likely N-dealkylation sites (N-methyl/N-ethyl adjacent to an activating group) is 1. The topological polar surface area (TPSA) is 94.9 Å². The van der Waals surface area contributed by atoms with Crippen molar-refractivity contribution in [2.45, 2.75) is 19.5 Å². The predicted octanol–water partition coefficient (Wildman–Crippen LogP) is 3.86. The number of hydrogen-bond acceptors (Lipinski definition) is 7. The molecule has 36 heavy (non-hydrogen) atoms. The summed E-state index contributed by atoms with van der Waals surface area (Å²) < 4.78 is 33.9. The van der Waals surface area contributed by atoms with Crippen molar-refractivity contribution >= 4 is 11.0 Å². The molecule has 9 nitrogen and oxygen atoms in total. The Bertz CT molecular complexity index is 1540. The van der Waals surface area contributed by atoms with E-state index in [1.807, 2.05) is 49.3 Å². The molecule has 0 saturated carbocycles. The Kier molecular flexibility index (Phi) is 6.38. The average Bonchev–Trinajstić information content (AvgIpc) is 3.48. The second-order valence-electron chi connectivity index (χ2n) is 8.55. The summed E-state index contributed by atoms with van der Waals surface area (Å²) in [5.41, 5.74) is 4.53. The van der Waals surface area contributed by atoms with E-state index in [0.717, 1.165) is 22.2 Å². The first kappa shape index (κ1) is 23.5. The zero-order chi connectivity index (χ0) is 25.2. The van der Waals surface area contributed by atoms with Crippen LogP contribution in [0.3, 0.4) is 0 Å². The van der Waals surface area contributed by atoms with E-state index in [0.29, 0.717) is 24.3 Å². The molecule has 0 aliphatic rings. The lowest BCUT2D eigenvalue weighted by Gasteiger charge is -2.10. The zero-order valence-electron chi connectivity index (χ0n) is 19.7. The van der Waals surface area contributed by atoms with E-state index < -0.39 is 12.3 Å². The normalized spacial score (nSPS) is 11.7. The number of imidazole rings is 1. The maximum absolute atomic E-state index is 13.5.